The van der Waals surface area contributed by atoms with Gasteiger partial charge in [-0.2, -0.15) is 18.2 Å². The van der Waals surface area contributed by atoms with Crippen LogP contribution in [0.4, 0.5) is 13.2 Å². The van der Waals surface area contributed by atoms with Crippen molar-refractivity contribution in [2.45, 2.75) is 26.1 Å². The average Bonchev–Trinajstić information content (AvgIpc) is 2.70. The first kappa shape index (κ1) is 12.8. The molecule has 18 heavy (non-hydrogen) atoms. The van der Waals surface area contributed by atoms with Gasteiger partial charge >= 0.3 is 12.1 Å². The molecule has 0 bridgehead atoms. The van der Waals surface area contributed by atoms with Crippen LogP contribution in [0.5, 0.6) is 0 Å². The highest BCUT2D eigenvalue weighted by Gasteiger charge is 2.39. The van der Waals surface area contributed by atoms with Gasteiger partial charge in [-0.05, 0) is 0 Å². The van der Waals surface area contributed by atoms with Gasteiger partial charge in [0.25, 0.3) is 0 Å². The zero-order valence-corrected chi connectivity index (χ0v) is 9.69. The molecule has 1 aliphatic rings. The molecule has 0 aromatic carbocycles. The van der Waals surface area contributed by atoms with Crippen molar-refractivity contribution in [3.8, 4) is 0 Å². The highest BCUT2D eigenvalue weighted by molar-refractivity contribution is 5.71. The summed E-state index contributed by atoms with van der Waals surface area (Å²) in [6.45, 7) is 3.51. The minimum atomic E-state index is -4.65. The quantitative estimate of drug-likeness (QED) is 0.842. The number of hydrogen-bond acceptors (Lipinski definition) is 4. The Labute approximate surface area is 101 Å². The molecule has 0 aliphatic heterocycles. The molecule has 1 aromatic heterocycles. The first-order chi connectivity index (χ1) is 8.20. The number of rotatable bonds is 1. The van der Waals surface area contributed by atoms with E-state index in [9.17, 15) is 18.3 Å². The number of halogens is 3. The second-order valence-corrected chi connectivity index (χ2v) is 4.65. The zero-order valence-electron chi connectivity index (χ0n) is 9.69. The minimum Gasteiger partial charge on any atom is -0.388 e. The SMILES string of the molecule is CC1(C)C=C(c2noc(C(F)(F)F)n2)C=CC1O. The van der Waals surface area contributed by atoms with E-state index in [1.54, 1.807) is 19.9 Å². The van der Waals surface area contributed by atoms with E-state index in [2.05, 4.69) is 14.7 Å². The lowest BCUT2D eigenvalue weighted by atomic mass is 9.81. The molecule has 0 spiro atoms. The Morgan fingerprint density at radius 2 is 2.06 bits per heavy atom. The highest BCUT2D eigenvalue weighted by atomic mass is 19.4. The summed E-state index contributed by atoms with van der Waals surface area (Å²) in [6, 6.07) is 0. The van der Waals surface area contributed by atoms with E-state index in [1.165, 1.54) is 12.2 Å². The van der Waals surface area contributed by atoms with Crippen molar-refractivity contribution >= 4 is 5.57 Å². The second kappa shape index (κ2) is 3.94. The Balaban J connectivity index is 2.34. The van der Waals surface area contributed by atoms with Gasteiger partial charge < -0.3 is 9.63 Å². The summed E-state index contributed by atoms with van der Waals surface area (Å²) in [4.78, 5) is 3.29. The predicted molar refractivity (Wildman–Crippen MR) is 56.2 cm³/mol. The van der Waals surface area contributed by atoms with E-state index < -0.39 is 23.6 Å². The van der Waals surface area contributed by atoms with Gasteiger partial charge in [0.1, 0.15) is 0 Å². The van der Waals surface area contributed by atoms with Crippen LogP contribution < -0.4 is 0 Å². The summed E-state index contributed by atoms with van der Waals surface area (Å²) in [5, 5.41) is 13.0. The molecule has 0 amide bonds. The maximum Gasteiger partial charge on any atom is 0.471 e. The van der Waals surface area contributed by atoms with Crippen molar-refractivity contribution < 1.29 is 22.8 Å². The molecule has 0 saturated heterocycles. The van der Waals surface area contributed by atoms with Crippen LogP contribution >= 0.6 is 0 Å². The van der Waals surface area contributed by atoms with E-state index in [-0.39, 0.29) is 5.82 Å². The minimum absolute atomic E-state index is 0.140. The van der Waals surface area contributed by atoms with Crippen LogP contribution in [-0.2, 0) is 6.18 Å². The van der Waals surface area contributed by atoms with Crippen LogP contribution in [0.15, 0.2) is 22.8 Å². The number of aliphatic hydroxyl groups is 1. The first-order valence-corrected chi connectivity index (χ1v) is 5.20. The van der Waals surface area contributed by atoms with E-state index in [0.717, 1.165) is 0 Å². The average molecular weight is 260 g/mol. The molecular weight excluding hydrogens is 249 g/mol. The van der Waals surface area contributed by atoms with Gasteiger partial charge in [0.2, 0.25) is 5.82 Å². The van der Waals surface area contributed by atoms with Crippen LogP contribution in [-0.4, -0.2) is 21.4 Å². The predicted octanol–water partition coefficient (Wildman–Crippen LogP) is 2.43. The fourth-order valence-corrected chi connectivity index (χ4v) is 1.57. The van der Waals surface area contributed by atoms with Crippen molar-refractivity contribution in [1.29, 1.82) is 0 Å². The molecule has 7 heteroatoms. The monoisotopic (exact) mass is 260 g/mol. The largest absolute Gasteiger partial charge is 0.471 e. The Hall–Kier alpha value is -1.63. The molecule has 0 saturated carbocycles. The van der Waals surface area contributed by atoms with E-state index in [4.69, 9.17) is 0 Å². The summed E-state index contributed by atoms with van der Waals surface area (Å²) in [7, 11) is 0. The van der Waals surface area contributed by atoms with Crippen molar-refractivity contribution in [2.24, 2.45) is 5.41 Å². The topological polar surface area (TPSA) is 59.2 Å². The summed E-state index contributed by atoms with van der Waals surface area (Å²) < 4.78 is 41.1. The molecule has 1 aromatic rings. The Morgan fingerprint density at radius 3 is 2.56 bits per heavy atom. The van der Waals surface area contributed by atoms with E-state index in [1.807, 2.05) is 0 Å². The van der Waals surface area contributed by atoms with Gasteiger partial charge in [-0.15, -0.1) is 0 Å². The van der Waals surface area contributed by atoms with E-state index in [0.29, 0.717) is 5.57 Å². The van der Waals surface area contributed by atoms with Gasteiger partial charge in [0.15, 0.2) is 0 Å². The molecular formula is C11H11F3N2O2. The first-order valence-electron chi connectivity index (χ1n) is 5.20. The number of aromatic nitrogens is 2. The van der Waals surface area contributed by atoms with Crippen molar-refractivity contribution in [1.82, 2.24) is 10.1 Å². The van der Waals surface area contributed by atoms with Crippen LogP contribution in [0.1, 0.15) is 25.6 Å². The number of alkyl halides is 3. The molecule has 2 rings (SSSR count). The lowest BCUT2D eigenvalue weighted by Gasteiger charge is -2.28. The molecule has 0 radical (unpaired) electrons. The third-order valence-corrected chi connectivity index (χ3v) is 2.67. The van der Waals surface area contributed by atoms with Gasteiger partial charge in [0.05, 0.1) is 6.10 Å². The summed E-state index contributed by atoms with van der Waals surface area (Å²) in [5.74, 6) is -1.52. The van der Waals surface area contributed by atoms with Gasteiger partial charge in [-0.1, -0.05) is 37.2 Å². The maximum atomic E-state index is 12.3. The number of nitrogens with zero attached hydrogens (tertiary/aromatic N) is 2. The summed E-state index contributed by atoms with van der Waals surface area (Å²) in [6.07, 6.45) is -0.780. The van der Waals surface area contributed by atoms with E-state index >= 15 is 0 Å². The smallest absolute Gasteiger partial charge is 0.388 e. The van der Waals surface area contributed by atoms with Gasteiger partial charge in [0, 0.05) is 11.0 Å². The Kier molecular flexibility index (Phi) is 2.81. The third-order valence-electron chi connectivity index (χ3n) is 2.67. The van der Waals surface area contributed by atoms with Gasteiger partial charge in [-0.25, -0.2) is 0 Å². The second-order valence-electron chi connectivity index (χ2n) is 4.65. The fourth-order valence-electron chi connectivity index (χ4n) is 1.57. The molecule has 98 valence electrons. The number of hydrogen-bond donors (Lipinski definition) is 1. The van der Waals surface area contributed by atoms with Gasteiger partial charge in [-0.3, -0.25) is 0 Å². The van der Waals surface area contributed by atoms with Crippen LogP contribution in [0.2, 0.25) is 0 Å². The molecule has 0 fully saturated rings. The normalized spacial score (nSPS) is 23.0. The molecule has 1 atom stereocenters. The number of aliphatic hydroxyl groups excluding tert-OH is 1. The maximum absolute atomic E-state index is 12.3. The molecule has 4 nitrogen and oxygen atoms in total. The fraction of sp³-hybridized carbons (Fsp3) is 0.455. The molecule has 1 N–H and O–H groups in total. The summed E-state index contributed by atoms with van der Waals surface area (Å²) >= 11 is 0. The lowest BCUT2D eigenvalue weighted by molar-refractivity contribution is -0.159. The van der Waals surface area contributed by atoms with Crippen molar-refractivity contribution in [3.63, 3.8) is 0 Å². The van der Waals surface area contributed by atoms with Crippen LogP contribution in [0.25, 0.3) is 5.57 Å². The molecule has 1 aliphatic carbocycles. The summed E-state index contributed by atoms with van der Waals surface area (Å²) in [5.41, 5.74) is -0.201. The highest BCUT2D eigenvalue weighted by Crippen LogP contribution is 2.34. The standard InChI is InChI=1S/C11H11F3N2O2/c1-10(2)5-6(3-4-7(10)17)8-15-9(18-16-8)11(12,13)14/h3-5,7,17H,1-2H3. The van der Waals surface area contributed by atoms with Crippen LogP contribution in [0, 0.1) is 5.41 Å². The van der Waals surface area contributed by atoms with Crippen LogP contribution in [0.3, 0.4) is 0 Å². The Morgan fingerprint density at radius 1 is 1.39 bits per heavy atom. The number of allylic oxidation sites excluding steroid dienone is 2. The molecule has 1 heterocycles. The van der Waals surface area contributed by atoms with Crippen molar-refractivity contribution in [2.75, 3.05) is 0 Å². The lowest BCUT2D eigenvalue weighted by Crippen LogP contribution is -2.27. The van der Waals surface area contributed by atoms with Crippen molar-refractivity contribution in [3.05, 3.63) is 29.9 Å². The Bertz CT molecular complexity index is 515. The molecule has 1 unspecified atom stereocenters. The zero-order chi connectivity index (χ0) is 13.6. The third kappa shape index (κ3) is 2.31.